The Labute approximate surface area is 155 Å². The van der Waals surface area contributed by atoms with Crippen molar-refractivity contribution in [1.82, 2.24) is 19.9 Å². The molecule has 9 heteroatoms. The quantitative estimate of drug-likeness (QED) is 0.632. The number of esters is 1. The molecule has 2 aromatic heterocycles. The molecule has 2 heterocycles. The molecule has 0 aliphatic heterocycles. The third-order valence-corrected chi connectivity index (χ3v) is 3.53. The fraction of sp³-hybridized carbons (Fsp3) is 0.167. The van der Waals surface area contributed by atoms with Crippen LogP contribution in [0.1, 0.15) is 21.9 Å². The Kier molecular flexibility index (Phi) is 5.41. The first-order valence-electron chi connectivity index (χ1n) is 8.05. The van der Waals surface area contributed by atoms with Crippen molar-refractivity contribution in [2.75, 3.05) is 18.2 Å². The van der Waals surface area contributed by atoms with Gasteiger partial charge in [0.25, 0.3) is 0 Å². The molecular formula is C18H18N6O3. The lowest BCUT2D eigenvalue weighted by Gasteiger charge is -2.11. The summed E-state index contributed by atoms with van der Waals surface area (Å²) in [5.74, 6) is 0.533. The number of carbonyl (C=O) groups is 1. The maximum absolute atomic E-state index is 12.1. The number of para-hydroxylation sites is 2. The lowest BCUT2D eigenvalue weighted by atomic mass is 10.2. The Bertz CT molecular complexity index is 946. The van der Waals surface area contributed by atoms with Crippen molar-refractivity contribution in [1.29, 1.82) is 0 Å². The molecule has 0 saturated carbocycles. The summed E-state index contributed by atoms with van der Waals surface area (Å²) in [5.41, 5.74) is 7.55. The zero-order chi connectivity index (χ0) is 19.2. The van der Waals surface area contributed by atoms with E-state index < -0.39 is 5.97 Å². The molecule has 3 N–H and O–H groups in total. The number of hydrogen-bond donors (Lipinski definition) is 2. The van der Waals surface area contributed by atoms with Gasteiger partial charge >= 0.3 is 5.97 Å². The zero-order valence-corrected chi connectivity index (χ0v) is 14.8. The fourth-order valence-electron chi connectivity index (χ4n) is 2.23. The van der Waals surface area contributed by atoms with Crippen molar-refractivity contribution >= 4 is 23.6 Å². The van der Waals surface area contributed by atoms with Gasteiger partial charge in [0.2, 0.25) is 11.9 Å². The van der Waals surface area contributed by atoms with Crippen molar-refractivity contribution < 1.29 is 14.3 Å². The van der Waals surface area contributed by atoms with E-state index in [4.69, 9.17) is 15.2 Å². The first kappa shape index (κ1) is 18.1. The number of aryl methyl sites for hydroxylation is 1. The van der Waals surface area contributed by atoms with E-state index in [0.29, 0.717) is 17.0 Å². The van der Waals surface area contributed by atoms with Gasteiger partial charge in [-0.15, -0.1) is 0 Å². The molecule has 0 radical (unpaired) electrons. The summed E-state index contributed by atoms with van der Waals surface area (Å²) < 4.78 is 10.5. The van der Waals surface area contributed by atoms with Crippen LogP contribution in [-0.4, -0.2) is 33.0 Å². The summed E-state index contributed by atoms with van der Waals surface area (Å²) in [6.07, 6.45) is 1.45. The highest BCUT2D eigenvalue weighted by molar-refractivity contribution is 5.88. The predicted molar refractivity (Wildman–Crippen MR) is 98.6 cm³/mol. The van der Waals surface area contributed by atoms with Crippen LogP contribution in [0.3, 0.4) is 0 Å². The largest absolute Gasteiger partial charge is 0.495 e. The molecule has 0 fully saturated rings. The highest BCUT2D eigenvalue weighted by Crippen LogP contribution is 2.25. The van der Waals surface area contributed by atoms with Crippen molar-refractivity contribution in [2.24, 2.45) is 0 Å². The highest BCUT2D eigenvalue weighted by atomic mass is 16.5. The number of nitrogen functional groups attached to an aromatic ring is 1. The second-order valence-electron chi connectivity index (χ2n) is 5.52. The van der Waals surface area contributed by atoms with Crippen LogP contribution in [0.5, 0.6) is 5.75 Å². The van der Waals surface area contributed by atoms with Gasteiger partial charge in [0, 0.05) is 11.9 Å². The molecule has 0 aliphatic carbocycles. The molecule has 9 nitrogen and oxygen atoms in total. The van der Waals surface area contributed by atoms with Crippen molar-refractivity contribution in [3.8, 4) is 5.75 Å². The average Bonchev–Trinajstić information content (AvgIpc) is 2.67. The SMILES string of the molecule is COc1ccccc1Nc1nc(N)nc(COC(=O)c2ccc(C)nc2)n1. The van der Waals surface area contributed by atoms with Gasteiger partial charge in [-0.2, -0.15) is 15.0 Å². The number of carbonyl (C=O) groups excluding carboxylic acids is 1. The van der Waals surface area contributed by atoms with Crippen LogP contribution in [0.15, 0.2) is 42.6 Å². The molecule has 0 saturated heterocycles. The number of nitrogens with one attached hydrogen (secondary N) is 1. The molecule has 0 atom stereocenters. The lowest BCUT2D eigenvalue weighted by Crippen LogP contribution is -2.11. The van der Waals surface area contributed by atoms with Crippen LogP contribution >= 0.6 is 0 Å². The Morgan fingerprint density at radius 3 is 2.70 bits per heavy atom. The van der Waals surface area contributed by atoms with E-state index in [9.17, 15) is 4.79 Å². The summed E-state index contributed by atoms with van der Waals surface area (Å²) in [6, 6.07) is 10.7. The lowest BCUT2D eigenvalue weighted by molar-refractivity contribution is 0.0461. The summed E-state index contributed by atoms with van der Waals surface area (Å²) in [4.78, 5) is 28.4. The smallest absolute Gasteiger partial charge is 0.340 e. The first-order valence-corrected chi connectivity index (χ1v) is 8.05. The molecule has 3 aromatic rings. The van der Waals surface area contributed by atoms with E-state index in [-0.39, 0.29) is 24.3 Å². The van der Waals surface area contributed by atoms with Gasteiger partial charge in [-0.1, -0.05) is 12.1 Å². The molecule has 27 heavy (non-hydrogen) atoms. The van der Waals surface area contributed by atoms with Crippen LogP contribution in [0.4, 0.5) is 17.6 Å². The normalized spacial score (nSPS) is 10.3. The molecule has 0 spiro atoms. The molecule has 0 unspecified atom stereocenters. The average molecular weight is 366 g/mol. The summed E-state index contributed by atoms with van der Waals surface area (Å²) in [7, 11) is 1.56. The maximum atomic E-state index is 12.1. The number of rotatable bonds is 6. The standard InChI is InChI=1S/C18H18N6O3/c1-11-7-8-12(9-20-11)16(25)27-10-15-22-17(19)24-18(23-15)21-13-5-3-4-6-14(13)26-2/h3-9H,10H2,1-2H3,(H3,19,21,22,23,24). The topological polar surface area (TPSA) is 125 Å². The molecular weight excluding hydrogens is 348 g/mol. The van der Waals surface area contributed by atoms with Gasteiger partial charge < -0.3 is 20.5 Å². The molecule has 0 bridgehead atoms. The molecule has 3 rings (SSSR count). The van der Waals surface area contributed by atoms with E-state index in [2.05, 4.69) is 25.3 Å². The molecule has 138 valence electrons. The number of pyridine rings is 1. The minimum atomic E-state index is -0.527. The Morgan fingerprint density at radius 1 is 1.15 bits per heavy atom. The highest BCUT2D eigenvalue weighted by Gasteiger charge is 2.12. The third-order valence-electron chi connectivity index (χ3n) is 3.53. The maximum Gasteiger partial charge on any atom is 0.340 e. The second-order valence-corrected chi connectivity index (χ2v) is 5.52. The van der Waals surface area contributed by atoms with Crippen LogP contribution in [0.25, 0.3) is 0 Å². The van der Waals surface area contributed by atoms with Crippen molar-refractivity contribution in [3.63, 3.8) is 0 Å². The number of nitrogens with zero attached hydrogens (tertiary/aromatic N) is 4. The van der Waals surface area contributed by atoms with Gasteiger partial charge in [-0.3, -0.25) is 4.98 Å². The van der Waals surface area contributed by atoms with E-state index in [1.165, 1.54) is 6.20 Å². The minimum absolute atomic E-state index is 0.00505. The number of methoxy groups -OCH3 is 1. The van der Waals surface area contributed by atoms with Gasteiger partial charge in [0.15, 0.2) is 12.4 Å². The second kappa shape index (κ2) is 8.09. The number of anilines is 3. The van der Waals surface area contributed by atoms with Gasteiger partial charge in [0.05, 0.1) is 18.4 Å². The minimum Gasteiger partial charge on any atom is -0.495 e. The number of benzene rings is 1. The monoisotopic (exact) mass is 366 g/mol. The van der Waals surface area contributed by atoms with Crippen LogP contribution in [0.2, 0.25) is 0 Å². The van der Waals surface area contributed by atoms with Crippen molar-refractivity contribution in [2.45, 2.75) is 13.5 Å². The van der Waals surface area contributed by atoms with E-state index in [1.54, 1.807) is 25.3 Å². The van der Waals surface area contributed by atoms with E-state index in [1.807, 2.05) is 25.1 Å². The summed E-state index contributed by atoms with van der Waals surface area (Å²) in [5, 5.41) is 3.01. The van der Waals surface area contributed by atoms with Gasteiger partial charge in [-0.25, -0.2) is 4.79 Å². The predicted octanol–water partition coefficient (Wildman–Crippen LogP) is 2.27. The third kappa shape index (κ3) is 4.66. The van der Waals surface area contributed by atoms with E-state index >= 15 is 0 Å². The Morgan fingerprint density at radius 2 is 1.96 bits per heavy atom. The zero-order valence-electron chi connectivity index (χ0n) is 14.8. The molecule has 0 amide bonds. The number of ether oxygens (including phenoxy) is 2. The molecule has 1 aromatic carbocycles. The summed E-state index contributed by atoms with van der Waals surface area (Å²) in [6.45, 7) is 1.68. The van der Waals surface area contributed by atoms with Gasteiger partial charge in [-0.05, 0) is 31.2 Å². The fourth-order valence-corrected chi connectivity index (χ4v) is 2.23. The van der Waals surface area contributed by atoms with Crippen LogP contribution in [0, 0.1) is 6.92 Å². The van der Waals surface area contributed by atoms with E-state index in [0.717, 1.165) is 5.69 Å². The number of hydrogen-bond acceptors (Lipinski definition) is 9. The Balaban J connectivity index is 1.71. The number of nitrogens with two attached hydrogens (primary N) is 1. The Hall–Kier alpha value is -3.75. The van der Waals surface area contributed by atoms with Gasteiger partial charge in [0.1, 0.15) is 5.75 Å². The van der Waals surface area contributed by atoms with Crippen molar-refractivity contribution in [3.05, 3.63) is 59.7 Å². The van der Waals surface area contributed by atoms with Crippen LogP contribution < -0.4 is 15.8 Å². The number of aromatic nitrogens is 4. The molecule has 0 aliphatic rings. The summed E-state index contributed by atoms with van der Waals surface area (Å²) >= 11 is 0. The first-order chi connectivity index (χ1) is 13.0. The van der Waals surface area contributed by atoms with Crippen LogP contribution in [-0.2, 0) is 11.3 Å².